The van der Waals surface area contributed by atoms with E-state index in [0.717, 1.165) is 31.5 Å². The third-order valence-corrected chi connectivity index (χ3v) is 8.84. The van der Waals surface area contributed by atoms with Gasteiger partial charge in [-0.15, -0.1) is 0 Å². The molecule has 1 atom stereocenters. The number of halogens is 3. The van der Waals surface area contributed by atoms with Gasteiger partial charge in [-0.2, -0.15) is 0 Å². The molecule has 13 heteroatoms. The highest BCUT2D eigenvalue weighted by atomic mass is 35.5. The molecule has 3 aromatic heterocycles. The van der Waals surface area contributed by atoms with Crippen LogP contribution in [0.4, 0.5) is 15.9 Å². The van der Waals surface area contributed by atoms with Gasteiger partial charge in [-0.3, -0.25) is 9.78 Å². The molecule has 1 aromatic carbocycles. The quantitative estimate of drug-likeness (QED) is 0.143. The minimum atomic E-state index is -0.549. The molecule has 1 saturated heterocycles. The van der Waals surface area contributed by atoms with Gasteiger partial charge in [0.1, 0.15) is 0 Å². The number of nitrogens with zero attached hydrogens (tertiary/aromatic N) is 4. The molecule has 1 fully saturated rings. The van der Waals surface area contributed by atoms with E-state index in [0.29, 0.717) is 68.8 Å². The molecule has 1 aliphatic heterocycles. The lowest BCUT2D eigenvalue weighted by molar-refractivity contribution is -0.129. The van der Waals surface area contributed by atoms with Crippen LogP contribution in [-0.4, -0.2) is 69.8 Å². The van der Waals surface area contributed by atoms with E-state index in [-0.39, 0.29) is 18.3 Å². The molecule has 1 unspecified atom stereocenters. The second-order valence-electron chi connectivity index (χ2n) is 11.5. The average molecular weight is 683 g/mol. The van der Waals surface area contributed by atoms with Crippen LogP contribution >= 0.6 is 23.2 Å². The summed E-state index contributed by atoms with van der Waals surface area (Å²) in [5.74, 6) is 0.0813. The number of carbonyl (C=O) groups excluding carboxylic acids is 1. The van der Waals surface area contributed by atoms with Crippen LogP contribution in [0, 0.1) is 5.82 Å². The molecule has 10 nitrogen and oxygen atoms in total. The molecule has 0 aliphatic carbocycles. The molecule has 4 heterocycles. The highest BCUT2D eigenvalue weighted by Gasteiger charge is 2.22. The first-order valence-electron chi connectivity index (χ1n) is 15.4. The summed E-state index contributed by atoms with van der Waals surface area (Å²) in [6.45, 7) is 5.89. The third kappa shape index (κ3) is 8.35. The molecular weight excluding hydrogens is 644 g/mol. The summed E-state index contributed by atoms with van der Waals surface area (Å²) in [7, 11) is 1.58. The highest BCUT2D eigenvalue weighted by Crippen LogP contribution is 2.41. The van der Waals surface area contributed by atoms with Gasteiger partial charge in [0.2, 0.25) is 11.8 Å². The van der Waals surface area contributed by atoms with Crippen LogP contribution in [0.2, 0.25) is 10.0 Å². The fourth-order valence-electron chi connectivity index (χ4n) is 5.47. The summed E-state index contributed by atoms with van der Waals surface area (Å²) >= 11 is 13.8. The zero-order chi connectivity index (χ0) is 33.5. The summed E-state index contributed by atoms with van der Waals surface area (Å²) in [5.41, 5.74) is 3.95. The number of aliphatic hydroxyl groups is 1. The van der Waals surface area contributed by atoms with Crippen molar-refractivity contribution in [1.82, 2.24) is 30.5 Å². The van der Waals surface area contributed by atoms with E-state index >= 15 is 4.39 Å². The third-order valence-electron chi connectivity index (χ3n) is 8.05. The predicted molar refractivity (Wildman–Crippen MR) is 182 cm³/mol. The Balaban J connectivity index is 1.34. The zero-order valence-corrected chi connectivity index (χ0v) is 28.0. The van der Waals surface area contributed by atoms with Crippen LogP contribution in [0.1, 0.15) is 37.8 Å². The number of nitrogens with one attached hydrogen (secondary N) is 3. The summed E-state index contributed by atoms with van der Waals surface area (Å²) in [5, 5.41) is 19.7. The number of hydrogen-bond acceptors (Lipinski definition) is 9. The van der Waals surface area contributed by atoms with E-state index < -0.39 is 11.9 Å². The van der Waals surface area contributed by atoms with Gasteiger partial charge in [-0.25, -0.2) is 14.4 Å². The predicted octanol–water partition coefficient (Wildman–Crippen LogP) is 5.97. The van der Waals surface area contributed by atoms with Crippen molar-refractivity contribution in [3.8, 4) is 28.4 Å². The molecule has 1 amide bonds. The topological polar surface area (TPSA) is 125 Å². The largest absolute Gasteiger partial charge is 0.481 e. The van der Waals surface area contributed by atoms with Crippen molar-refractivity contribution in [2.75, 3.05) is 32.1 Å². The lowest BCUT2D eigenvalue weighted by atomic mass is 10.0. The van der Waals surface area contributed by atoms with Gasteiger partial charge in [0.05, 0.1) is 40.3 Å². The zero-order valence-electron chi connectivity index (χ0n) is 26.5. The van der Waals surface area contributed by atoms with Crippen LogP contribution in [-0.2, 0) is 17.9 Å². The van der Waals surface area contributed by atoms with Crippen LogP contribution in [0.15, 0.2) is 54.9 Å². The van der Waals surface area contributed by atoms with E-state index in [1.165, 1.54) is 6.20 Å². The summed E-state index contributed by atoms with van der Waals surface area (Å²) < 4.78 is 20.9. The molecule has 0 saturated carbocycles. The van der Waals surface area contributed by atoms with E-state index in [1.807, 2.05) is 17.0 Å². The highest BCUT2D eigenvalue weighted by molar-refractivity contribution is 6.39. The van der Waals surface area contributed by atoms with Crippen molar-refractivity contribution >= 4 is 40.6 Å². The Labute approximate surface area is 283 Å². The maximum absolute atomic E-state index is 15.3. The first kappa shape index (κ1) is 34.5. The second kappa shape index (κ2) is 15.8. The summed E-state index contributed by atoms with van der Waals surface area (Å²) in [6, 6.07) is 12.8. The number of benzene rings is 1. The van der Waals surface area contributed by atoms with Gasteiger partial charge in [0.15, 0.2) is 11.6 Å². The van der Waals surface area contributed by atoms with E-state index in [4.69, 9.17) is 32.9 Å². The lowest BCUT2D eigenvalue weighted by Gasteiger charge is -2.31. The number of piperidine rings is 1. The molecule has 0 radical (unpaired) electrons. The van der Waals surface area contributed by atoms with Crippen LogP contribution in [0.25, 0.3) is 22.5 Å². The van der Waals surface area contributed by atoms with Crippen LogP contribution in [0.3, 0.4) is 0 Å². The number of anilines is 2. The van der Waals surface area contributed by atoms with Gasteiger partial charge in [-0.05, 0) is 44.0 Å². The lowest BCUT2D eigenvalue weighted by Crippen LogP contribution is -2.44. The first-order valence-corrected chi connectivity index (χ1v) is 16.2. The average Bonchev–Trinajstić information content (AvgIpc) is 3.06. The first-order chi connectivity index (χ1) is 22.7. The SMILES string of the molecule is COc1nc(-c2ccnc(-c3cccc(Nc4nccc(CNCC(C)O)c4F)c3Cl)c2Cl)ccc1CNC1CCN(C(C)=O)CC1. The number of hydrogen-bond donors (Lipinski definition) is 4. The number of aromatic nitrogens is 3. The van der Waals surface area contributed by atoms with Gasteiger partial charge < -0.3 is 30.7 Å². The Morgan fingerprint density at radius 1 is 1.04 bits per heavy atom. The molecule has 1 aliphatic rings. The Morgan fingerprint density at radius 2 is 1.81 bits per heavy atom. The summed E-state index contributed by atoms with van der Waals surface area (Å²) in [6.07, 6.45) is 4.37. The van der Waals surface area contributed by atoms with Crippen molar-refractivity contribution in [3.05, 3.63) is 81.8 Å². The number of carbonyl (C=O) groups is 1. The van der Waals surface area contributed by atoms with Gasteiger partial charge >= 0.3 is 0 Å². The minimum Gasteiger partial charge on any atom is -0.481 e. The molecule has 5 rings (SSSR count). The summed E-state index contributed by atoms with van der Waals surface area (Å²) in [4.78, 5) is 27.0. The Bertz CT molecular complexity index is 1720. The maximum atomic E-state index is 15.3. The van der Waals surface area contributed by atoms with E-state index in [2.05, 4.69) is 25.9 Å². The molecule has 0 spiro atoms. The Hall–Kier alpha value is -3.87. The van der Waals surface area contributed by atoms with E-state index in [9.17, 15) is 9.90 Å². The van der Waals surface area contributed by atoms with Gasteiger partial charge in [0, 0.05) is 80.3 Å². The smallest absolute Gasteiger partial charge is 0.219 e. The molecule has 47 heavy (non-hydrogen) atoms. The number of pyridine rings is 3. The van der Waals surface area contributed by atoms with Gasteiger partial charge in [0.25, 0.3) is 0 Å². The molecule has 0 bridgehead atoms. The second-order valence-corrected chi connectivity index (χ2v) is 12.2. The van der Waals surface area contributed by atoms with E-state index in [1.54, 1.807) is 57.5 Å². The Kier molecular flexibility index (Phi) is 11.6. The molecular formula is C34H38Cl2FN7O3. The molecule has 4 aromatic rings. The van der Waals surface area contributed by atoms with Crippen molar-refractivity contribution < 1.29 is 19.0 Å². The number of rotatable bonds is 12. The number of aliphatic hydroxyl groups excluding tert-OH is 1. The molecule has 248 valence electrons. The maximum Gasteiger partial charge on any atom is 0.219 e. The van der Waals surface area contributed by atoms with Gasteiger partial charge in [-0.1, -0.05) is 41.4 Å². The van der Waals surface area contributed by atoms with Crippen molar-refractivity contribution in [2.24, 2.45) is 0 Å². The minimum absolute atomic E-state index is 0.0144. The monoisotopic (exact) mass is 681 g/mol. The number of methoxy groups -OCH3 is 1. The number of ether oxygens (including phenoxy) is 1. The fourth-order valence-corrected chi connectivity index (χ4v) is 6.05. The molecule has 4 N–H and O–H groups in total. The standard InChI is InChI=1S/C34H38Cl2FN7O3/c1-20(45)17-38-18-22-9-13-40-33(31(22)37)42-28-6-4-5-26(29(28)35)32-30(36)25(10-14-39-32)27-8-7-23(34(43-27)47-3)19-41-24-11-15-44(16-12-24)21(2)46/h4-10,13-14,20,24,38,41,45H,11-12,15-19H2,1-3H3,(H,40,42). The van der Waals surface area contributed by atoms with Crippen LogP contribution < -0.4 is 20.7 Å². The van der Waals surface area contributed by atoms with Crippen molar-refractivity contribution in [1.29, 1.82) is 0 Å². The normalized spacial score (nSPS) is 14.2. The van der Waals surface area contributed by atoms with Crippen molar-refractivity contribution in [3.63, 3.8) is 0 Å². The van der Waals surface area contributed by atoms with Crippen molar-refractivity contribution in [2.45, 2.75) is 51.9 Å². The van der Waals surface area contributed by atoms with Crippen LogP contribution in [0.5, 0.6) is 5.88 Å². The number of likely N-dealkylation sites (tertiary alicyclic amines) is 1. The Morgan fingerprint density at radius 3 is 2.53 bits per heavy atom. The number of amides is 1. The fraction of sp³-hybridized carbons (Fsp3) is 0.353.